The van der Waals surface area contributed by atoms with Gasteiger partial charge in [0.2, 0.25) is 0 Å². The molecule has 2 atom stereocenters. The summed E-state index contributed by atoms with van der Waals surface area (Å²) in [6, 6.07) is 0.370. The first-order valence-electron chi connectivity index (χ1n) is 4.22. The monoisotopic (exact) mass is 154 g/mol. The van der Waals surface area contributed by atoms with Crippen LogP contribution in [0.5, 0.6) is 0 Å². The Labute approximate surface area is 69.1 Å². The van der Waals surface area contributed by atoms with Gasteiger partial charge in [0.05, 0.1) is 0 Å². The molecule has 0 saturated carbocycles. The number of likely N-dealkylation sites (tertiary alicyclic amines) is 1. The second-order valence-corrected chi connectivity index (χ2v) is 3.79. The number of hydrogen-bond acceptors (Lipinski definition) is 2. The van der Waals surface area contributed by atoms with Gasteiger partial charge in [0, 0.05) is 25.7 Å². The Hall–Kier alpha value is -0.340. The molecule has 1 fully saturated rings. The van der Waals surface area contributed by atoms with Crippen molar-refractivity contribution in [3.05, 3.63) is 12.2 Å². The Bertz CT molecular complexity index is 144. The molecule has 2 nitrogen and oxygen atoms in total. The van der Waals surface area contributed by atoms with Crippen molar-refractivity contribution >= 4 is 0 Å². The fraction of sp³-hybridized carbons (Fsp3) is 0.778. The average Bonchev–Trinajstić information content (AvgIpc) is 2.10. The van der Waals surface area contributed by atoms with Crippen molar-refractivity contribution in [2.24, 2.45) is 11.7 Å². The third kappa shape index (κ3) is 2.31. The maximum Gasteiger partial charge on any atom is 0.0206 e. The van der Waals surface area contributed by atoms with Crippen LogP contribution < -0.4 is 5.73 Å². The fourth-order valence-electron chi connectivity index (χ4n) is 1.61. The summed E-state index contributed by atoms with van der Waals surface area (Å²) in [5, 5.41) is 0. The Morgan fingerprint density at radius 2 is 2.27 bits per heavy atom. The topological polar surface area (TPSA) is 29.3 Å². The van der Waals surface area contributed by atoms with Gasteiger partial charge >= 0.3 is 0 Å². The number of rotatable bonds is 2. The molecule has 0 aromatic rings. The molecule has 2 N–H and O–H groups in total. The Morgan fingerprint density at radius 3 is 2.64 bits per heavy atom. The van der Waals surface area contributed by atoms with Crippen molar-refractivity contribution < 1.29 is 0 Å². The molecule has 0 amide bonds. The van der Waals surface area contributed by atoms with Crippen molar-refractivity contribution in [3.8, 4) is 0 Å². The summed E-state index contributed by atoms with van der Waals surface area (Å²) in [5.74, 6) is 0.648. The Kier molecular flexibility index (Phi) is 2.68. The van der Waals surface area contributed by atoms with Crippen LogP contribution in [0.15, 0.2) is 12.2 Å². The van der Waals surface area contributed by atoms with Gasteiger partial charge in [0.1, 0.15) is 0 Å². The molecule has 1 aliphatic heterocycles. The molecule has 0 bridgehead atoms. The summed E-state index contributed by atoms with van der Waals surface area (Å²) in [6.45, 7) is 11.3. The normalized spacial score (nSPS) is 32.6. The molecule has 11 heavy (non-hydrogen) atoms. The van der Waals surface area contributed by atoms with Gasteiger partial charge in [0.15, 0.2) is 0 Å². The second kappa shape index (κ2) is 3.37. The van der Waals surface area contributed by atoms with E-state index in [0.29, 0.717) is 12.0 Å². The smallest absolute Gasteiger partial charge is 0.0206 e. The molecule has 64 valence electrons. The highest BCUT2D eigenvalue weighted by Crippen LogP contribution is 2.14. The predicted molar refractivity (Wildman–Crippen MR) is 48.4 cm³/mol. The number of nitrogens with two attached hydrogens (primary N) is 1. The van der Waals surface area contributed by atoms with Crippen LogP contribution in [0.3, 0.4) is 0 Å². The fourth-order valence-corrected chi connectivity index (χ4v) is 1.61. The minimum Gasteiger partial charge on any atom is -0.326 e. The van der Waals surface area contributed by atoms with Crippen LogP contribution >= 0.6 is 0 Å². The lowest BCUT2D eigenvalue weighted by Gasteiger charge is -2.14. The average molecular weight is 154 g/mol. The van der Waals surface area contributed by atoms with E-state index < -0.39 is 0 Å². The minimum atomic E-state index is 0.370. The molecule has 0 aromatic carbocycles. The van der Waals surface area contributed by atoms with Crippen molar-refractivity contribution in [1.82, 2.24) is 4.90 Å². The first-order chi connectivity index (χ1) is 5.09. The quantitative estimate of drug-likeness (QED) is 0.597. The SMILES string of the molecule is C=C(C)CN1CC(C)C(N)C1. The zero-order chi connectivity index (χ0) is 8.43. The lowest BCUT2D eigenvalue weighted by Crippen LogP contribution is -2.29. The molecule has 1 rings (SSSR count). The van der Waals surface area contributed by atoms with Crippen LogP contribution in [0, 0.1) is 5.92 Å². The van der Waals surface area contributed by atoms with Crippen LogP contribution in [-0.4, -0.2) is 30.6 Å². The third-order valence-electron chi connectivity index (χ3n) is 2.24. The first kappa shape index (κ1) is 8.75. The van der Waals surface area contributed by atoms with Gasteiger partial charge in [-0.3, -0.25) is 4.90 Å². The minimum absolute atomic E-state index is 0.370. The van der Waals surface area contributed by atoms with Gasteiger partial charge in [-0.05, 0) is 12.8 Å². The van der Waals surface area contributed by atoms with Gasteiger partial charge in [-0.2, -0.15) is 0 Å². The summed E-state index contributed by atoms with van der Waals surface area (Å²) >= 11 is 0. The molecule has 2 unspecified atom stereocenters. The maximum absolute atomic E-state index is 5.87. The predicted octanol–water partition coefficient (Wildman–Crippen LogP) is 0.842. The first-order valence-corrected chi connectivity index (χ1v) is 4.22. The number of hydrogen-bond donors (Lipinski definition) is 1. The standard InChI is InChI=1S/C9H18N2/c1-7(2)4-11-5-8(3)9(10)6-11/h8-9H,1,4-6,10H2,2-3H3. The summed E-state index contributed by atoms with van der Waals surface area (Å²) < 4.78 is 0. The van der Waals surface area contributed by atoms with Crippen LogP contribution in [-0.2, 0) is 0 Å². The lowest BCUT2D eigenvalue weighted by atomic mass is 10.1. The van der Waals surface area contributed by atoms with Crippen LogP contribution in [0.1, 0.15) is 13.8 Å². The van der Waals surface area contributed by atoms with E-state index in [1.54, 1.807) is 0 Å². The molecule has 1 aliphatic rings. The summed E-state index contributed by atoms with van der Waals surface area (Å²) in [6.07, 6.45) is 0. The molecule has 1 heterocycles. The molecule has 0 radical (unpaired) electrons. The molecule has 0 aromatic heterocycles. The molecule has 0 aliphatic carbocycles. The van der Waals surface area contributed by atoms with E-state index in [1.807, 2.05) is 0 Å². The summed E-state index contributed by atoms with van der Waals surface area (Å²) in [5.41, 5.74) is 7.10. The van der Waals surface area contributed by atoms with E-state index in [9.17, 15) is 0 Å². The van der Waals surface area contributed by atoms with E-state index in [0.717, 1.165) is 19.6 Å². The molecule has 2 heteroatoms. The zero-order valence-electron chi connectivity index (χ0n) is 7.51. The third-order valence-corrected chi connectivity index (χ3v) is 2.24. The van der Waals surface area contributed by atoms with Gasteiger partial charge in [-0.25, -0.2) is 0 Å². The second-order valence-electron chi connectivity index (χ2n) is 3.79. The van der Waals surface area contributed by atoms with Gasteiger partial charge in [-0.1, -0.05) is 19.1 Å². The van der Waals surface area contributed by atoms with Crippen molar-refractivity contribution in [2.45, 2.75) is 19.9 Å². The maximum atomic E-state index is 5.87. The van der Waals surface area contributed by atoms with Gasteiger partial charge < -0.3 is 5.73 Å². The van der Waals surface area contributed by atoms with Crippen molar-refractivity contribution in [2.75, 3.05) is 19.6 Å². The molecular formula is C9H18N2. The van der Waals surface area contributed by atoms with Crippen LogP contribution in [0.2, 0.25) is 0 Å². The highest BCUT2D eigenvalue weighted by molar-refractivity contribution is 4.95. The molecular weight excluding hydrogens is 136 g/mol. The van der Waals surface area contributed by atoms with Gasteiger partial charge in [0.25, 0.3) is 0 Å². The van der Waals surface area contributed by atoms with Crippen molar-refractivity contribution in [3.63, 3.8) is 0 Å². The van der Waals surface area contributed by atoms with Crippen LogP contribution in [0.4, 0.5) is 0 Å². The number of nitrogens with zero attached hydrogens (tertiary/aromatic N) is 1. The van der Waals surface area contributed by atoms with Crippen LogP contribution in [0.25, 0.3) is 0 Å². The highest BCUT2D eigenvalue weighted by atomic mass is 15.2. The molecule has 1 saturated heterocycles. The van der Waals surface area contributed by atoms with E-state index in [2.05, 4.69) is 25.3 Å². The van der Waals surface area contributed by atoms with Crippen molar-refractivity contribution in [1.29, 1.82) is 0 Å². The largest absolute Gasteiger partial charge is 0.326 e. The van der Waals surface area contributed by atoms with E-state index >= 15 is 0 Å². The Morgan fingerprint density at radius 1 is 1.64 bits per heavy atom. The van der Waals surface area contributed by atoms with Gasteiger partial charge in [-0.15, -0.1) is 0 Å². The highest BCUT2D eigenvalue weighted by Gasteiger charge is 2.25. The molecule has 0 spiro atoms. The van der Waals surface area contributed by atoms with E-state index in [4.69, 9.17) is 5.73 Å². The van der Waals surface area contributed by atoms with E-state index in [-0.39, 0.29) is 0 Å². The summed E-state index contributed by atoms with van der Waals surface area (Å²) in [7, 11) is 0. The zero-order valence-corrected chi connectivity index (χ0v) is 7.51. The lowest BCUT2D eigenvalue weighted by molar-refractivity contribution is 0.355. The Balaban J connectivity index is 2.35. The van der Waals surface area contributed by atoms with E-state index in [1.165, 1.54) is 5.57 Å². The summed E-state index contributed by atoms with van der Waals surface area (Å²) in [4.78, 5) is 2.37.